The average molecular weight is 239 g/mol. The molecule has 0 spiro atoms. The van der Waals surface area contributed by atoms with Gasteiger partial charge in [-0.25, -0.2) is 13.8 Å². The van der Waals surface area contributed by atoms with Crippen molar-refractivity contribution in [2.45, 2.75) is 5.92 Å². The fourth-order valence-electron chi connectivity index (χ4n) is 0.780. The molecule has 0 aliphatic rings. The number of halogens is 3. The molecule has 0 saturated carbocycles. The summed E-state index contributed by atoms with van der Waals surface area (Å²) in [6, 6.07) is 0. The van der Waals surface area contributed by atoms with Crippen LogP contribution >= 0.6 is 11.6 Å². The Labute approximate surface area is 89.3 Å². The number of rotatable bonds is 4. The zero-order valence-electron chi connectivity index (χ0n) is 7.54. The zero-order chi connectivity index (χ0) is 11.5. The molecular formula is C7H9ClF2N4O. The van der Waals surface area contributed by atoms with E-state index in [9.17, 15) is 8.78 Å². The van der Waals surface area contributed by atoms with Crippen molar-refractivity contribution < 1.29 is 13.9 Å². The molecule has 1 aromatic rings. The summed E-state index contributed by atoms with van der Waals surface area (Å²) in [4.78, 5) is 7.17. The Bertz CT molecular complexity index is 350. The minimum atomic E-state index is -3.23. The van der Waals surface area contributed by atoms with Gasteiger partial charge in [-0.05, 0) is 11.6 Å². The van der Waals surface area contributed by atoms with E-state index in [2.05, 4.69) is 15.3 Å². The topological polar surface area (TPSA) is 84.1 Å². The number of anilines is 2. The molecule has 0 radical (unpaired) electrons. The van der Waals surface area contributed by atoms with Gasteiger partial charge in [-0.3, -0.25) is 0 Å². The maximum atomic E-state index is 12.6. The second-order valence-corrected chi connectivity index (χ2v) is 3.15. The van der Waals surface area contributed by atoms with Crippen molar-refractivity contribution in [1.29, 1.82) is 0 Å². The lowest BCUT2D eigenvalue weighted by molar-refractivity contribution is -0.0373. The first-order valence-electron chi connectivity index (χ1n) is 3.95. The van der Waals surface area contributed by atoms with Crippen molar-refractivity contribution in [3.63, 3.8) is 0 Å². The van der Waals surface area contributed by atoms with Gasteiger partial charge in [0.05, 0.1) is 18.4 Å². The van der Waals surface area contributed by atoms with E-state index in [1.54, 1.807) is 0 Å². The summed E-state index contributed by atoms with van der Waals surface area (Å²) in [6.45, 7) is -2.03. The van der Waals surface area contributed by atoms with Crippen LogP contribution in [0.2, 0.25) is 5.28 Å². The molecule has 0 aromatic carbocycles. The van der Waals surface area contributed by atoms with Gasteiger partial charge in [0, 0.05) is 0 Å². The summed E-state index contributed by atoms with van der Waals surface area (Å²) < 4.78 is 25.3. The van der Waals surface area contributed by atoms with Crippen molar-refractivity contribution in [3.8, 4) is 0 Å². The third-order valence-corrected chi connectivity index (χ3v) is 1.72. The second-order valence-electron chi connectivity index (χ2n) is 2.81. The summed E-state index contributed by atoms with van der Waals surface area (Å²) in [5.41, 5.74) is 5.51. The molecule has 0 aliphatic carbocycles. The molecule has 1 heterocycles. The Kier molecular flexibility index (Phi) is 3.59. The minimum Gasteiger partial charge on any atom is -0.394 e. The Morgan fingerprint density at radius 3 is 2.87 bits per heavy atom. The monoisotopic (exact) mass is 238 g/mol. The zero-order valence-corrected chi connectivity index (χ0v) is 8.30. The standard InChI is InChI=1S/C7H9ClF2N4O/c8-6-12-1-4(11)5(14-6)13-2-7(9,10)3-15/h1,15H,2-3,11H2,(H,12,13,14). The highest BCUT2D eigenvalue weighted by molar-refractivity contribution is 6.28. The molecule has 1 aromatic heterocycles. The second kappa shape index (κ2) is 4.54. The predicted molar refractivity (Wildman–Crippen MR) is 52.0 cm³/mol. The molecule has 0 bridgehead atoms. The Balaban J connectivity index is 2.69. The lowest BCUT2D eigenvalue weighted by Gasteiger charge is -2.15. The van der Waals surface area contributed by atoms with Gasteiger partial charge < -0.3 is 16.2 Å². The Hall–Kier alpha value is -1.21. The lowest BCUT2D eigenvalue weighted by Crippen LogP contribution is -2.31. The van der Waals surface area contributed by atoms with E-state index in [0.717, 1.165) is 0 Å². The third kappa shape index (κ3) is 3.45. The van der Waals surface area contributed by atoms with Crippen molar-refractivity contribution in [3.05, 3.63) is 11.5 Å². The van der Waals surface area contributed by atoms with Crippen LogP contribution in [0.4, 0.5) is 20.3 Å². The molecule has 0 amide bonds. The van der Waals surface area contributed by atoms with E-state index in [1.165, 1.54) is 6.20 Å². The number of aromatic nitrogens is 2. The maximum absolute atomic E-state index is 12.6. The van der Waals surface area contributed by atoms with Gasteiger partial charge in [-0.1, -0.05) is 0 Å². The summed E-state index contributed by atoms with van der Waals surface area (Å²) >= 11 is 5.45. The predicted octanol–water partition coefficient (Wildman–Crippen LogP) is 0.752. The number of aliphatic hydroxyl groups excluding tert-OH is 1. The first kappa shape index (κ1) is 11.9. The maximum Gasteiger partial charge on any atom is 0.287 e. The summed E-state index contributed by atoms with van der Waals surface area (Å²) in [5, 5.41) is 10.5. The fourth-order valence-corrected chi connectivity index (χ4v) is 0.913. The molecule has 0 aliphatic heterocycles. The van der Waals surface area contributed by atoms with Crippen molar-refractivity contribution >= 4 is 23.1 Å². The molecule has 4 N–H and O–H groups in total. The van der Waals surface area contributed by atoms with E-state index < -0.39 is 19.1 Å². The fraction of sp³-hybridized carbons (Fsp3) is 0.429. The molecule has 1 rings (SSSR count). The van der Waals surface area contributed by atoms with Crippen LogP contribution < -0.4 is 11.1 Å². The largest absolute Gasteiger partial charge is 0.394 e. The van der Waals surface area contributed by atoms with Gasteiger partial charge >= 0.3 is 0 Å². The Morgan fingerprint density at radius 1 is 1.60 bits per heavy atom. The highest BCUT2D eigenvalue weighted by atomic mass is 35.5. The van der Waals surface area contributed by atoms with Gasteiger partial charge in [-0.2, -0.15) is 4.98 Å². The van der Waals surface area contributed by atoms with Crippen LogP contribution in [0.5, 0.6) is 0 Å². The summed E-state index contributed by atoms with van der Waals surface area (Å²) in [7, 11) is 0. The number of alkyl halides is 2. The summed E-state index contributed by atoms with van der Waals surface area (Å²) in [5.74, 6) is -3.22. The number of nitrogens with one attached hydrogen (secondary N) is 1. The van der Waals surface area contributed by atoms with Crippen LogP contribution in [0.15, 0.2) is 6.20 Å². The molecule has 15 heavy (non-hydrogen) atoms. The van der Waals surface area contributed by atoms with Gasteiger partial charge in [0.1, 0.15) is 6.61 Å². The number of hydrogen-bond acceptors (Lipinski definition) is 5. The number of aliphatic hydroxyl groups is 1. The van der Waals surface area contributed by atoms with Crippen LogP contribution in [-0.2, 0) is 0 Å². The van der Waals surface area contributed by atoms with Crippen molar-refractivity contribution in [1.82, 2.24) is 9.97 Å². The van der Waals surface area contributed by atoms with Gasteiger partial charge in [0.15, 0.2) is 5.82 Å². The van der Waals surface area contributed by atoms with E-state index in [-0.39, 0.29) is 16.8 Å². The van der Waals surface area contributed by atoms with E-state index in [1.807, 2.05) is 0 Å². The number of hydrogen-bond donors (Lipinski definition) is 3. The highest BCUT2D eigenvalue weighted by Gasteiger charge is 2.27. The molecular weight excluding hydrogens is 230 g/mol. The smallest absolute Gasteiger partial charge is 0.287 e. The molecule has 84 valence electrons. The highest BCUT2D eigenvalue weighted by Crippen LogP contribution is 2.18. The van der Waals surface area contributed by atoms with Gasteiger partial charge in [-0.15, -0.1) is 0 Å². The van der Waals surface area contributed by atoms with Crippen LogP contribution in [0.1, 0.15) is 0 Å². The van der Waals surface area contributed by atoms with Gasteiger partial charge in [0.2, 0.25) is 5.28 Å². The van der Waals surface area contributed by atoms with Crippen LogP contribution in [0.3, 0.4) is 0 Å². The third-order valence-electron chi connectivity index (χ3n) is 1.53. The normalized spacial score (nSPS) is 11.5. The molecule has 8 heteroatoms. The number of nitrogens with zero attached hydrogens (tertiary/aromatic N) is 2. The van der Waals surface area contributed by atoms with Crippen LogP contribution in [0.25, 0.3) is 0 Å². The van der Waals surface area contributed by atoms with Crippen molar-refractivity contribution in [2.75, 3.05) is 24.2 Å². The summed E-state index contributed by atoms with van der Waals surface area (Å²) in [6.07, 6.45) is 1.20. The SMILES string of the molecule is Nc1cnc(Cl)nc1NCC(F)(F)CO. The Morgan fingerprint density at radius 2 is 2.27 bits per heavy atom. The first-order valence-corrected chi connectivity index (χ1v) is 4.33. The number of nitrogen functional groups attached to an aromatic ring is 1. The number of nitrogens with two attached hydrogens (primary N) is 1. The molecule has 5 nitrogen and oxygen atoms in total. The van der Waals surface area contributed by atoms with E-state index >= 15 is 0 Å². The van der Waals surface area contributed by atoms with E-state index in [0.29, 0.717) is 0 Å². The minimum absolute atomic E-state index is 0.0168. The van der Waals surface area contributed by atoms with Crippen LogP contribution in [0, 0.1) is 0 Å². The molecule has 0 unspecified atom stereocenters. The first-order chi connectivity index (χ1) is 6.94. The quantitative estimate of drug-likeness (QED) is 0.674. The van der Waals surface area contributed by atoms with Crippen molar-refractivity contribution in [2.24, 2.45) is 0 Å². The average Bonchev–Trinajstić information content (AvgIpc) is 2.20. The molecule has 0 fully saturated rings. The molecule has 0 saturated heterocycles. The molecule has 0 atom stereocenters. The van der Waals surface area contributed by atoms with E-state index in [4.69, 9.17) is 22.4 Å². The lowest BCUT2D eigenvalue weighted by atomic mass is 10.3. The van der Waals surface area contributed by atoms with Crippen LogP contribution in [-0.4, -0.2) is 34.1 Å². The van der Waals surface area contributed by atoms with Gasteiger partial charge in [0.25, 0.3) is 5.92 Å².